The van der Waals surface area contributed by atoms with Gasteiger partial charge in [0.1, 0.15) is 12.1 Å². The molecule has 0 aliphatic carbocycles. The Hall–Kier alpha value is -1.94. The molecular weight excluding hydrogens is 260 g/mol. The van der Waals surface area contributed by atoms with E-state index in [1.54, 1.807) is 12.5 Å². The maximum absolute atomic E-state index is 4.31. The van der Waals surface area contributed by atoms with Crippen molar-refractivity contribution >= 4 is 5.82 Å². The quantitative estimate of drug-likeness (QED) is 0.843. The SMILES string of the molecule is CN(CC1CCN(Cc2ccccc2)C1)c1ccncn1. The van der Waals surface area contributed by atoms with Crippen LogP contribution >= 0.6 is 0 Å². The van der Waals surface area contributed by atoms with Crippen LogP contribution < -0.4 is 4.90 Å². The first-order chi connectivity index (χ1) is 10.3. The number of aromatic nitrogens is 2. The molecule has 21 heavy (non-hydrogen) atoms. The Balaban J connectivity index is 1.51. The second kappa shape index (κ2) is 6.68. The maximum atomic E-state index is 4.31. The number of likely N-dealkylation sites (tertiary alicyclic amines) is 1. The highest BCUT2D eigenvalue weighted by Crippen LogP contribution is 2.20. The van der Waals surface area contributed by atoms with Gasteiger partial charge in [0.25, 0.3) is 0 Å². The zero-order valence-corrected chi connectivity index (χ0v) is 12.5. The minimum atomic E-state index is 0.716. The number of anilines is 1. The number of benzene rings is 1. The normalized spacial score (nSPS) is 18.8. The molecule has 1 aliphatic heterocycles. The lowest BCUT2D eigenvalue weighted by molar-refractivity contribution is 0.317. The summed E-state index contributed by atoms with van der Waals surface area (Å²) in [5, 5.41) is 0. The fourth-order valence-electron chi connectivity index (χ4n) is 3.04. The molecule has 110 valence electrons. The van der Waals surface area contributed by atoms with E-state index >= 15 is 0 Å². The van der Waals surface area contributed by atoms with Crippen molar-refractivity contribution in [2.45, 2.75) is 13.0 Å². The number of hydrogen-bond donors (Lipinski definition) is 0. The topological polar surface area (TPSA) is 32.3 Å². The van der Waals surface area contributed by atoms with Gasteiger partial charge >= 0.3 is 0 Å². The first-order valence-corrected chi connectivity index (χ1v) is 7.54. The summed E-state index contributed by atoms with van der Waals surface area (Å²) in [5.41, 5.74) is 1.40. The molecular formula is C17H22N4. The van der Waals surface area contributed by atoms with Crippen molar-refractivity contribution in [3.05, 3.63) is 54.5 Å². The fraction of sp³-hybridized carbons (Fsp3) is 0.412. The summed E-state index contributed by atoms with van der Waals surface area (Å²) < 4.78 is 0. The van der Waals surface area contributed by atoms with E-state index in [9.17, 15) is 0 Å². The molecule has 0 radical (unpaired) electrons. The van der Waals surface area contributed by atoms with Gasteiger partial charge in [-0.1, -0.05) is 30.3 Å². The van der Waals surface area contributed by atoms with Crippen LogP contribution in [0.4, 0.5) is 5.82 Å². The summed E-state index contributed by atoms with van der Waals surface area (Å²) in [6.07, 6.45) is 4.68. The van der Waals surface area contributed by atoms with E-state index in [4.69, 9.17) is 0 Å². The molecule has 2 aromatic rings. The molecule has 1 atom stereocenters. The van der Waals surface area contributed by atoms with Crippen molar-refractivity contribution in [2.75, 3.05) is 31.6 Å². The summed E-state index contributed by atoms with van der Waals surface area (Å²) in [5.74, 6) is 1.72. The number of rotatable bonds is 5. The molecule has 1 saturated heterocycles. The smallest absolute Gasteiger partial charge is 0.131 e. The predicted molar refractivity (Wildman–Crippen MR) is 85.1 cm³/mol. The summed E-state index contributed by atoms with van der Waals surface area (Å²) in [6.45, 7) is 4.48. The van der Waals surface area contributed by atoms with E-state index in [-0.39, 0.29) is 0 Å². The molecule has 2 heterocycles. The Morgan fingerprint density at radius 2 is 2.10 bits per heavy atom. The minimum absolute atomic E-state index is 0.716. The van der Waals surface area contributed by atoms with Crippen molar-refractivity contribution in [2.24, 2.45) is 5.92 Å². The number of nitrogens with zero attached hydrogens (tertiary/aromatic N) is 4. The van der Waals surface area contributed by atoms with Crippen molar-refractivity contribution in [1.82, 2.24) is 14.9 Å². The van der Waals surface area contributed by atoms with Gasteiger partial charge in [-0.3, -0.25) is 4.90 Å². The van der Waals surface area contributed by atoms with Crippen molar-refractivity contribution < 1.29 is 0 Å². The van der Waals surface area contributed by atoms with Crippen LogP contribution in [0.1, 0.15) is 12.0 Å². The van der Waals surface area contributed by atoms with Gasteiger partial charge in [-0.05, 0) is 30.5 Å². The summed E-state index contributed by atoms with van der Waals surface area (Å²) in [6, 6.07) is 12.7. The third kappa shape index (κ3) is 3.79. The first-order valence-electron chi connectivity index (χ1n) is 7.54. The zero-order valence-electron chi connectivity index (χ0n) is 12.5. The van der Waals surface area contributed by atoms with Gasteiger partial charge in [0.2, 0.25) is 0 Å². The Bertz CT molecular complexity index is 543. The third-order valence-electron chi connectivity index (χ3n) is 4.11. The molecule has 0 amide bonds. The Morgan fingerprint density at radius 3 is 2.86 bits per heavy atom. The van der Waals surface area contributed by atoms with Gasteiger partial charge in [-0.2, -0.15) is 0 Å². The first kappa shape index (κ1) is 14.0. The predicted octanol–water partition coefficient (Wildman–Crippen LogP) is 2.43. The molecule has 0 bridgehead atoms. The van der Waals surface area contributed by atoms with Crippen molar-refractivity contribution in [3.8, 4) is 0 Å². The fourth-order valence-corrected chi connectivity index (χ4v) is 3.04. The average molecular weight is 282 g/mol. The van der Waals surface area contributed by atoms with Crippen LogP contribution in [0, 0.1) is 5.92 Å². The molecule has 1 aliphatic rings. The second-order valence-electron chi connectivity index (χ2n) is 5.82. The maximum Gasteiger partial charge on any atom is 0.131 e. The van der Waals surface area contributed by atoms with Gasteiger partial charge < -0.3 is 4.90 Å². The molecule has 1 fully saturated rings. The highest BCUT2D eigenvalue weighted by molar-refractivity contribution is 5.35. The highest BCUT2D eigenvalue weighted by Gasteiger charge is 2.23. The van der Waals surface area contributed by atoms with E-state index in [0.717, 1.165) is 18.9 Å². The van der Waals surface area contributed by atoms with E-state index < -0.39 is 0 Å². The van der Waals surface area contributed by atoms with Crippen LogP contribution in [0.15, 0.2) is 48.9 Å². The summed E-state index contributed by atoms with van der Waals surface area (Å²) >= 11 is 0. The van der Waals surface area contributed by atoms with E-state index in [1.165, 1.54) is 25.1 Å². The molecule has 0 saturated carbocycles. The van der Waals surface area contributed by atoms with Crippen LogP contribution in [-0.2, 0) is 6.54 Å². The molecule has 1 unspecified atom stereocenters. The Labute approximate surface area is 126 Å². The van der Waals surface area contributed by atoms with Gasteiger partial charge in [0, 0.05) is 32.9 Å². The van der Waals surface area contributed by atoms with Crippen molar-refractivity contribution in [1.29, 1.82) is 0 Å². The van der Waals surface area contributed by atoms with E-state index in [1.807, 2.05) is 6.07 Å². The average Bonchev–Trinajstić information content (AvgIpc) is 2.96. The largest absolute Gasteiger partial charge is 0.359 e. The Kier molecular flexibility index (Phi) is 4.46. The molecule has 3 rings (SSSR count). The van der Waals surface area contributed by atoms with E-state index in [2.05, 4.69) is 57.1 Å². The zero-order chi connectivity index (χ0) is 14.5. The molecule has 0 spiro atoms. The minimum Gasteiger partial charge on any atom is -0.359 e. The standard InChI is InChI=1S/C17H22N4/c1-20(17-7-9-18-14-19-17)11-16-8-10-21(13-16)12-15-5-3-2-4-6-15/h2-7,9,14,16H,8,10-13H2,1H3. The van der Waals surface area contributed by atoms with Crippen LogP contribution in [0.3, 0.4) is 0 Å². The van der Waals surface area contributed by atoms with Gasteiger partial charge in [0.05, 0.1) is 0 Å². The lowest BCUT2D eigenvalue weighted by Gasteiger charge is -2.22. The monoisotopic (exact) mass is 282 g/mol. The van der Waals surface area contributed by atoms with Gasteiger partial charge in [-0.25, -0.2) is 9.97 Å². The van der Waals surface area contributed by atoms with Gasteiger partial charge in [0.15, 0.2) is 0 Å². The lowest BCUT2D eigenvalue weighted by Crippen LogP contribution is -2.28. The molecule has 1 aromatic heterocycles. The molecule has 4 heteroatoms. The summed E-state index contributed by atoms with van der Waals surface area (Å²) in [4.78, 5) is 13.1. The number of hydrogen-bond acceptors (Lipinski definition) is 4. The highest BCUT2D eigenvalue weighted by atomic mass is 15.2. The van der Waals surface area contributed by atoms with Crippen LogP contribution in [-0.4, -0.2) is 41.5 Å². The molecule has 1 aromatic carbocycles. The molecule has 4 nitrogen and oxygen atoms in total. The molecule has 0 N–H and O–H groups in total. The van der Waals surface area contributed by atoms with Crippen LogP contribution in [0.25, 0.3) is 0 Å². The van der Waals surface area contributed by atoms with Crippen molar-refractivity contribution in [3.63, 3.8) is 0 Å². The third-order valence-corrected chi connectivity index (χ3v) is 4.11. The van der Waals surface area contributed by atoms with Crippen LogP contribution in [0.2, 0.25) is 0 Å². The second-order valence-corrected chi connectivity index (χ2v) is 5.82. The van der Waals surface area contributed by atoms with Gasteiger partial charge in [-0.15, -0.1) is 0 Å². The lowest BCUT2D eigenvalue weighted by atomic mass is 10.1. The Morgan fingerprint density at radius 1 is 1.24 bits per heavy atom. The van der Waals surface area contributed by atoms with Crippen LogP contribution in [0.5, 0.6) is 0 Å². The van der Waals surface area contributed by atoms with E-state index in [0.29, 0.717) is 5.92 Å². The summed E-state index contributed by atoms with van der Waals surface area (Å²) in [7, 11) is 2.11.